The second-order valence-corrected chi connectivity index (χ2v) is 6.31. The summed E-state index contributed by atoms with van der Waals surface area (Å²) in [6.07, 6.45) is 0.541. The maximum absolute atomic E-state index is 11.5. The molecule has 3 aromatic rings. The average Bonchev–Trinajstić information content (AvgIpc) is 2.57. The normalized spacial score (nSPS) is 13.5. The zero-order valence-corrected chi connectivity index (χ0v) is 13.7. The molecule has 0 saturated heterocycles. The van der Waals surface area contributed by atoms with Crippen molar-refractivity contribution in [3.8, 4) is 0 Å². The van der Waals surface area contributed by atoms with Gasteiger partial charge in [-0.2, -0.15) is 0 Å². The predicted molar refractivity (Wildman–Crippen MR) is 93.7 cm³/mol. The van der Waals surface area contributed by atoms with Crippen LogP contribution in [0.25, 0.3) is 0 Å². The van der Waals surface area contributed by atoms with Gasteiger partial charge in [0.05, 0.1) is 0 Å². The van der Waals surface area contributed by atoms with E-state index < -0.39 is 5.60 Å². The molecule has 1 nitrogen and oxygen atoms in total. The first-order chi connectivity index (χ1) is 10.7. The van der Waals surface area contributed by atoms with E-state index >= 15 is 0 Å². The van der Waals surface area contributed by atoms with Crippen LogP contribution in [0.4, 0.5) is 0 Å². The quantitative estimate of drug-likeness (QED) is 0.705. The lowest BCUT2D eigenvalue weighted by Gasteiger charge is -2.30. The summed E-state index contributed by atoms with van der Waals surface area (Å²) >= 11 is 3.45. The molecule has 3 rings (SSSR count). The van der Waals surface area contributed by atoms with E-state index in [1.807, 2.05) is 84.9 Å². The summed E-state index contributed by atoms with van der Waals surface area (Å²) in [6, 6.07) is 27.8. The monoisotopic (exact) mass is 352 g/mol. The first-order valence-electron chi connectivity index (χ1n) is 7.26. The molecule has 1 unspecified atom stereocenters. The minimum Gasteiger partial charge on any atom is -0.380 e. The molecule has 0 heterocycles. The highest BCUT2D eigenvalue weighted by molar-refractivity contribution is 9.10. The summed E-state index contributed by atoms with van der Waals surface area (Å²) in [5.41, 5.74) is 1.87. The molecule has 3 aromatic carbocycles. The number of hydrogen-bond donors (Lipinski definition) is 1. The zero-order valence-electron chi connectivity index (χ0n) is 12.1. The van der Waals surface area contributed by atoms with Crippen LogP contribution in [0.2, 0.25) is 0 Å². The second kappa shape index (κ2) is 6.47. The highest BCUT2D eigenvalue weighted by Gasteiger charge is 2.31. The van der Waals surface area contributed by atoms with Crippen molar-refractivity contribution in [2.24, 2.45) is 0 Å². The Labute approximate surface area is 139 Å². The number of hydrogen-bond acceptors (Lipinski definition) is 1. The van der Waals surface area contributed by atoms with Crippen LogP contribution in [-0.4, -0.2) is 5.11 Å². The van der Waals surface area contributed by atoms with E-state index in [4.69, 9.17) is 0 Å². The summed E-state index contributed by atoms with van der Waals surface area (Å²) in [4.78, 5) is 0. The lowest BCUT2D eigenvalue weighted by molar-refractivity contribution is 0.0811. The van der Waals surface area contributed by atoms with Gasteiger partial charge < -0.3 is 5.11 Å². The van der Waals surface area contributed by atoms with Gasteiger partial charge in [0.15, 0.2) is 0 Å². The fourth-order valence-corrected chi connectivity index (χ4v) is 2.97. The smallest absolute Gasteiger partial charge is 0.119 e. The number of rotatable bonds is 4. The molecule has 2 heteroatoms. The van der Waals surface area contributed by atoms with Crippen LogP contribution in [0.15, 0.2) is 89.4 Å². The SMILES string of the molecule is OC(Cc1ccccc1)(c1ccccc1)c1ccc(Br)cc1. The summed E-state index contributed by atoms with van der Waals surface area (Å²) in [5, 5.41) is 11.5. The Morgan fingerprint density at radius 1 is 0.682 bits per heavy atom. The summed E-state index contributed by atoms with van der Waals surface area (Å²) in [7, 11) is 0. The van der Waals surface area contributed by atoms with Gasteiger partial charge in [0.1, 0.15) is 5.60 Å². The number of halogens is 1. The first kappa shape index (κ1) is 15.0. The van der Waals surface area contributed by atoms with Gasteiger partial charge in [-0.05, 0) is 28.8 Å². The lowest BCUT2D eigenvalue weighted by Crippen LogP contribution is -2.30. The summed E-state index contributed by atoms with van der Waals surface area (Å²) in [5.74, 6) is 0. The Bertz CT molecular complexity index is 723. The largest absolute Gasteiger partial charge is 0.380 e. The number of aliphatic hydroxyl groups is 1. The molecule has 110 valence electrons. The Morgan fingerprint density at radius 2 is 1.18 bits per heavy atom. The molecule has 0 saturated carbocycles. The van der Waals surface area contributed by atoms with Crippen LogP contribution >= 0.6 is 15.9 Å². The molecular weight excluding hydrogens is 336 g/mol. The zero-order chi connectivity index (χ0) is 15.4. The molecule has 0 spiro atoms. The van der Waals surface area contributed by atoms with E-state index in [2.05, 4.69) is 15.9 Å². The first-order valence-corrected chi connectivity index (χ1v) is 8.06. The van der Waals surface area contributed by atoms with Crippen LogP contribution < -0.4 is 0 Å². The highest BCUT2D eigenvalue weighted by Crippen LogP contribution is 2.33. The third kappa shape index (κ3) is 3.13. The van der Waals surface area contributed by atoms with Crippen LogP contribution in [0.5, 0.6) is 0 Å². The van der Waals surface area contributed by atoms with Crippen molar-refractivity contribution in [3.05, 3.63) is 106 Å². The Hall–Kier alpha value is -1.90. The third-order valence-electron chi connectivity index (χ3n) is 3.88. The number of benzene rings is 3. The maximum Gasteiger partial charge on any atom is 0.119 e. The van der Waals surface area contributed by atoms with Crippen molar-refractivity contribution in [1.82, 2.24) is 0 Å². The van der Waals surface area contributed by atoms with E-state index in [0.29, 0.717) is 6.42 Å². The standard InChI is InChI=1S/C20H17BrO/c21-19-13-11-18(12-14-19)20(22,17-9-5-2-6-10-17)15-16-7-3-1-4-8-16/h1-14,22H,15H2. The fourth-order valence-electron chi connectivity index (χ4n) is 2.70. The molecule has 1 atom stereocenters. The molecule has 0 aromatic heterocycles. The molecule has 0 amide bonds. The maximum atomic E-state index is 11.5. The molecule has 0 radical (unpaired) electrons. The van der Waals surface area contributed by atoms with Crippen LogP contribution in [-0.2, 0) is 12.0 Å². The molecule has 0 aliphatic heterocycles. The Kier molecular flexibility index (Phi) is 4.41. The van der Waals surface area contributed by atoms with Crippen molar-refractivity contribution in [2.45, 2.75) is 12.0 Å². The molecule has 0 aliphatic rings. The van der Waals surface area contributed by atoms with Gasteiger partial charge in [-0.25, -0.2) is 0 Å². The van der Waals surface area contributed by atoms with Crippen LogP contribution in [0, 0.1) is 0 Å². The van der Waals surface area contributed by atoms with Crippen molar-refractivity contribution < 1.29 is 5.11 Å². The second-order valence-electron chi connectivity index (χ2n) is 5.40. The highest BCUT2D eigenvalue weighted by atomic mass is 79.9. The molecule has 0 aliphatic carbocycles. The summed E-state index contributed by atoms with van der Waals surface area (Å²) < 4.78 is 1.01. The van der Waals surface area contributed by atoms with Crippen molar-refractivity contribution in [1.29, 1.82) is 0 Å². The van der Waals surface area contributed by atoms with E-state index in [1.165, 1.54) is 0 Å². The third-order valence-corrected chi connectivity index (χ3v) is 4.40. The molecule has 0 fully saturated rings. The van der Waals surface area contributed by atoms with Gasteiger partial charge in [-0.3, -0.25) is 0 Å². The Morgan fingerprint density at radius 3 is 1.77 bits per heavy atom. The van der Waals surface area contributed by atoms with E-state index in [-0.39, 0.29) is 0 Å². The Balaban J connectivity index is 2.07. The van der Waals surface area contributed by atoms with Gasteiger partial charge >= 0.3 is 0 Å². The minimum absolute atomic E-state index is 0.541. The van der Waals surface area contributed by atoms with E-state index in [1.54, 1.807) is 0 Å². The summed E-state index contributed by atoms with van der Waals surface area (Å²) in [6.45, 7) is 0. The van der Waals surface area contributed by atoms with Crippen molar-refractivity contribution in [3.63, 3.8) is 0 Å². The predicted octanol–water partition coefficient (Wildman–Crippen LogP) is 4.93. The van der Waals surface area contributed by atoms with Gasteiger partial charge in [-0.1, -0.05) is 88.7 Å². The molecular formula is C20H17BrO. The topological polar surface area (TPSA) is 20.2 Å². The average molecular weight is 353 g/mol. The molecule has 0 bridgehead atoms. The van der Waals surface area contributed by atoms with Gasteiger partial charge in [-0.15, -0.1) is 0 Å². The fraction of sp³-hybridized carbons (Fsp3) is 0.100. The molecule has 22 heavy (non-hydrogen) atoms. The van der Waals surface area contributed by atoms with Crippen LogP contribution in [0.3, 0.4) is 0 Å². The van der Waals surface area contributed by atoms with Gasteiger partial charge in [0.25, 0.3) is 0 Å². The van der Waals surface area contributed by atoms with Crippen molar-refractivity contribution >= 4 is 15.9 Å². The van der Waals surface area contributed by atoms with Crippen LogP contribution in [0.1, 0.15) is 16.7 Å². The lowest BCUT2D eigenvalue weighted by atomic mass is 9.81. The van der Waals surface area contributed by atoms with Gasteiger partial charge in [0, 0.05) is 10.9 Å². The van der Waals surface area contributed by atoms with E-state index in [0.717, 1.165) is 21.2 Å². The molecule has 1 N–H and O–H groups in total. The van der Waals surface area contributed by atoms with Gasteiger partial charge in [0.2, 0.25) is 0 Å². The van der Waals surface area contributed by atoms with E-state index in [9.17, 15) is 5.11 Å². The minimum atomic E-state index is -1.04. The van der Waals surface area contributed by atoms with Crippen molar-refractivity contribution in [2.75, 3.05) is 0 Å².